The predicted molar refractivity (Wildman–Crippen MR) is 116 cm³/mol. The predicted octanol–water partition coefficient (Wildman–Crippen LogP) is 3.69. The zero-order valence-electron chi connectivity index (χ0n) is 15.9. The normalized spacial score (nSPS) is 14.8. The molecule has 1 saturated heterocycles. The second-order valence-corrected chi connectivity index (χ2v) is 8.10. The fourth-order valence-electron chi connectivity index (χ4n) is 3.15. The topological polar surface area (TPSA) is 54.9 Å². The van der Waals surface area contributed by atoms with Crippen LogP contribution in [0.25, 0.3) is 10.2 Å². The van der Waals surface area contributed by atoms with E-state index in [1.165, 1.54) is 11.3 Å². The van der Waals surface area contributed by atoms with E-state index >= 15 is 0 Å². The molecule has 1 fully saturated rings. The van der Waals surface area contributed by atoms with Gasteiger partial charge in [-0.3, -0.25) is 14.6 Å². The number of thiazole rings is 1. The van der Waals surface area contributed by atoms with Crippen molar-refractivity contribution in [2.75, 3.05) is 50.9 Å². The van der Waals surface area contributed by atoms with Crippen molar-refractivity contribution >= 4 is 44.2 Å². The summed E-state index contributed by atoms with van der Waals surface area (Å²) in [4.78, 5) is 21.7. The Morgan fingerprint density at radius 3 is 2.72 bits per heavy atom. The lowest BCUT2D eigenvalue weighted by Crippen LogP contribution is -2.44. The van der Waals surface area contributed by atoms with Gasteiger partial charge in [0.05, 0.1) is 22.9 Å². The van der Waals surface area contributed by atoms with E-state index < -0.39 is 0 Å². The number of carbonyl (C=O) groups excluding carboxylic acids is 1. The van der Waals surface area contributed by atoms with Crippen LogP contribution in [-0.4, -0.2) is 61.8 Å². The molecular formula is C21H22ClN3O3S. The van der Waals surface area contributed by atoms with E-state index in [1.54, 1.807) is 4.90 Å². The van der Waals surface area contributed by atoms with Crippen LogP contribution in [0.15, 0.2) is 48.5 Å². The van der Waals surface area contributed by atoms with Crippen LogP contribution in [0.2, 0.25) is 5.02 Å². The quantitative estimate of drug-likeness (QED) is 0.571. The van der Waals surface area contributed by atoms with Crippen LogP contribution in [0.4, 0.5) is 5.13 Å². The van der Waals surface area contributed by atoms with Gasteiger partial charge in [0.15, 0.2) is 11.7 Å². The number of fused-ring (bicyclic) bond motifs is 1. The molecule has 0 radical (unpaired) electrons. The molecular weight excluding hydrogens is 410 g/mol. The van der Waals surface area contributed by atoms with Gasteiger partial charge in [0.1, 0.15) is 11.3 Å². The van der Waals surface area contributed by atoms with E-state index in [0.29, 0.717) is 22.4 Å². The van der Waals surface area contributed by atoms with E-state index in [-0.39, 0.29) is 12.5 Å². The summed E-state index contributed by atoms with van der Waals surface area (Å²) in [5.74, 6) is 0.540. The molecule has 3 aromatic rings. The molecule has 8 heteroatoms. The Morgan fingerprint density at radius 1 is 1.17 bits per heavy atom. The maximum Gasteiger partial charge on any atom is 0.266 e. The number of carbonyl (C=O) groups is 1. The third-order valence-electron chi connectivity index (χ3n) is 4.74. The summed E-state index contributed by atoms with van der Waals surface area (Å²) >= 11 is 7.76. The number of ether oxygens (including phenoxy) is 2. The zero-order chi connectivity index (χ0) is 20.1. The molecule has 4 rings (SSSR count). The number of amides is 1. The number of rotatable bonds is 7. The number of benzene rings is 2. The van der Waals surface area contributed by atoms with E-state index in [0.717, 1.165) is 43.1 Å². The molecule has 1 aliphatic rings. The van der Waals surface area contributed by atoms with Gasteiger partial charge in [-0.05, 0) is 24.3 Å². The first-order valence-corrected chi connectivity index (χ1v) is 10.7. The van der Waals surface area contributed by atoms with Gasteiger partial charge in [0, 0.05) is 26.2 Å². The molecule has 6 nitrogen and oxygen atoms in total. The average Bonchev–Trinajstić information content (AvgIpc) is 3.19. The number of hydrogen-bond donors (Lipinski definition) is 0. The van der Waals surface area contributed by atoms with Crippen molar-refractivity contribution in [3.63, 3.8) is 0 Å². The van der Waals surface area contributed by atoms with Crippen LogP contribution in [0.5, 0.6) is 5.75 Å². The number of halogens is 1. The van der Waals surface area contributed by atoms with Crippen LogP contribution in [0.3, 0.4) is 0 Å². The Balaban J connectivity index is 1.52. The van der Waals surface area contributed by atoms with Crippen molar-refractivity contribution in [1.29, 1.82) is 0 Å². The van der Waals surface area contributed by atoms with Crippen molar-refractivity contribution in [1.82, 2.24) is 9.88 Å². The fourth-order valence-corrected chi connectivity index (χ4v) is 4.46. The molecule has 2 aromatic carbocycles. The molecule has 0 bridgehead atoms. The zero-order valence-corrected chi connectivity index (χ0v) is 17.5. The third-order valence-corrected chi connectivity index (χ3v) is 6.09. The highest BCUT2D eigenvalue weighted by Gasteiger charge is 2.22. The summed E-state index contributed by atoms with van der Waals surface area (Å²) in [6.07, 6.45) is 0. The molecule has 0 atom stereocenters. The lowest BCUT2D eigenvalue weighted by atomic mass is 10.3. The van der Waals surface area contributed by atoms with Crippen LogP contribution < -0.4 is 9.64 Å². The maximum atomic E-state index is 13.0. The van der Waals surface area contributed by atoms with Gasteiger partial charge in [-0.2, -0.15) is 0 Å². The Bertz CT molecular complexity index is 960. The minimum Gasteiger partial charge on any atom is -0.484 e. The summed E-state index contributed by atoms with van der Waals surface area (Å²) in [5, 5.41) is 1.23. The molecule has 0 spiro atoms. The minimum absolute atomic E-state index is 0.0449. The second kappa shape index (κ2) is 9.54. The highest BCUT2D eigenvalue weighted by Crippen LogP contribution is 2.32. The van der Waals surface area contributed by atoms with Crippen molar-refractivity contribution in [3.05, 3.63) is 53.6 Å². The van der Waals surface area contributed by atoms with Crippen LogP contribution in [0.1, 0.15) is 0 Å². The van der Waals surface area contributed by atoms with Crippen molar-refractivity contribution in [2.45, 2.75) is 0 Å². The van der Waals surface area contributed by atoms with Gasteiger partial charge in [0.25, 0.3) is 5.91 Å². The smallest absolute Gasteiger partial charge is 0.266 e. The molecule has 0 aliphatic carbocycles. The minimum atomic E-state index is -0.128. The van der Waals surface area contributed by atoms with Gasteiger partial charge >= 0.3 is 0 Å². The van der Waals surface area contributed by atoms with E-state index in [1.807, 2.05) is 48.5 Å². The summed E-state index contributed by atoms with van der Waals surface area (Å²) in [6, 6.07) is 15.0. The van der Waals surface area contributed by atoms with E-state index in [9.17, 15) is 4.79 Å². The second-order valence-electron chi connectivity index (χ2n) is 6.68. The first kappa shape index (κ1) is 20.1. The molecule has 0 N–H and O–H groups in total. The molecule has 0 saturated carbocycles. The highest BCUT2D eigenvalue weighted by atomic mass is 35.5. The van der Waals surface area contributed by atoms with Crippen LogP contribution in [-0.2, 0) is 9.53 Å². The molecule has 1 amide bonds. The number of nitrogens with zero attached hydrogens (tertiary/aromatic N) is 3. The van der Waals surface area contributed by atoms with Gasteiger partial charge in [-0.1, -0.05) is 47.2 Å². The molecule has 0 unspecified atom stereocenters. The lowest BCUT2D eigenvalue weighted by molar-refractivity contribution is -0.120. The highest BCUT2D eigenvalue weighted by molar-refractivity contribution is 7.22. The van der Waals surface area contributed by atoms with E-state index in [2.05, 4.69) is 9.88 Å². The van der Waals surface area contributed by atoms with Crippen LogP contribution in [0, 0.1) is 0 Å². The SMILES string of the molecule is O=C(COc1ccccc1)N(CCN1CCOCC1)c1nc2c(Cl)cccc2s1. The van der Waals surface area contributed by atoms with Gasteiger partial charge < -0.3 is 9.47 Å². The lowest BCUT2D eigenvalue weighted by Gasteiger charge is -2.29. The third kappa shape index (κ3) is 5.05. The Morgan fingerprint density at radius 2 is 1.97 bits per heavy atom. The monoisotopic (exact) mass is 431 g/mol. The van der Waals surface area contributed by atoms with Gasteiger partial charge in [0.2, 0.25) is 0 Å². The summed E-state index contributed by atoms with van der Waals surface area (Å²) < 4.78 is 12.1. The summed E-state index contributed by atoms with van der Waals surface area (Å²) in [6.45, 7) is 4.43. The summed E-state index contributed by atoms with van der Waals surface area (Å²) in [7, 11) is 0. The number of morpholine rings is 1. The largest absolute Gasteiger partial charge is 0.484 e. The average molecular weight is 432 g/mol. The van der Waals surface area contributed by atoms with Crippen molar-refractivity contribution in [3.8, 4) is 5.75 Å². The molecule has 152 valence electrons. The first-order chi connectivity index (χ1) is 14.2. The van der Waals surface area contributed by atoms with Crippen molar-refractivity contribution < 1.29 is 14.3 Å². The van der Waals surface area contributed by atoms with E-state index in [4.69, 9.17) is 21.1 Å². The maximum absolute atomic E-state index is 13.0. The molecule has 2 heterocycles. The number of anilines is 1. The Hall–Kier alpha value is -2.19. The van der Waals surface area contributed by atoms with Gasteiger partial charge in [-0.15, -0.1) is 0 Å². The fraction of sp³-hybridized carbons (Fsp3) is 0.333. The first-order valence-electron chi connectivity index (χ1n) is 9.54. The number of hydrogen-bond acceptors (Lipinski definition) is 6. The molecule has 1 aliphatic heterocycles. The number of aromatic nitrogens is 1. The Kier molecular flexibility index (Phi) is 6.61. The molecule has 1 aromatic heterocycles. The number of para-hydroxylation sites is 2. The van der Waals surface area contributed by atoms with Gasteiger partial charge in [-0.25, -0.2) is 4.98 Å². The Labute approximate surface area is 178 Å². The molecule has 29 heavy (non-hydrogen) atoms. The van der Waals surface area contributed by atoms with Crippen molar-refractivity contribution in [2.24, 2.45) is 0 Å². The van der Waals surface area contributed by atoms with Crippen LogP contribution >= 0.6 is 22.9 Å². The summed E-state index contributed by atoms with van der Waals surface area (Å²) in [5.41, 5.74) is 0.724. The standard InChI is InChI=1S/C21H22ClN3O3S/c22-17-7-4-8-18-20(17)23-21(29-18)25(10-9-24-11-13-27-14-12-24)19(26)15-28-16-5-2-1-3-6-16/h1-8H,9-15H2.